The van der Waals surface area contributed by atoms with Gasteiger partial charge in [-0.3, -0.25) is 4.79 Å². The van der Waals surface area contributed by atoms with Crippen molar-refractivity contribution in [2.75, 3.05) is 4.90 Å². The van der Waals surface area contributed by atoms with Gasteiger partial charge in [-0.15, -0.1) is 11.3 Å². The summed E-state index contributed by atoms with van der Waals surface area (Å²) in [6.45, 7) is 11.1. The first-order chi connectivity index (χ1) is 12.7. The van der Waals surface area contributed by atoms with Gasteiger partial charge in [-0.1, -0.05) is 39.3 Å². The summed E-state index contributed by atoms with van der Waals surface area (Å²) in [6.07, 6.45) is 7.30. The van der Waals surface area contributed by atoms with Crippen LogP contribution in [0.25, 0.3) is 0 Å². The number of hydrogen-bond acceptors (Lipinski definition) is 3. The summed E-state index contributed by atoms with van der Waals surface area (Å²) in [4.78, 5) is 17.1. The van der Waals surface area contributed by atoms with E-state index in [-0.39, 0.29) is 29.4 Å². The number of carbonyl (C=O) groups is 1. The Bertz CT molecular complexity index is 691. The molecule has 3 nitrogen and oxygen atoms in total. The highest BCUT2D eigenvalue weighted by Gasteiger charge is 2.37. The second-order valence-electron chi connectivity index (χ2n) is 9.66. The van der Waals surface area contributed by atoms with E-state index < -0.39 is 0 Å². The monoisotopic (exact) mass is 389 g/mol. The molecule has 150 valence electrons. The zero-order valence-corrected chi connectivity index (χ0v) is 18.3. The summed E-state index contributed by atoms with van der Waals surface area (Å²) in [5.74, 6) is 0.740. The number of allylic oxidation sites excluding steroid dienone is 2. The van der Waals surface area contributed by atoms with E-state index in [1.54, 1.807) is 11.3 Å². The van der Waals surface area contributed by atoms with E-state index in [4.69, 9.17) is 0 Å². The number of thiophene rings is 1. The molecule has 0 unspecified atom stereocenters. The van der Waals surface area contributed by atoms with Crippen molar-refractivity contribution in [1.29, 1.82) is 0 Å². The largest absolute Gasteiger partial charge is 0.393 e. The number of aliphatic hydroxyl groups is 1. The van der Waals surface area contributed by atoms with Gasteiger partial charge in [0.2, 0.25) is 5.91 Å². The Morgan fingerprint density at radius 1 is 1.22 bits per heavy atom. The van der Waals surface area contributed by atoms with Gasteiger partial charge in [0, 0.05) is 22.2 Å². The minimum Gasteiger partial charge on any atom is -0.393 e. The van der Waals surface area contributed by atoms with Gasteiger partial charge in [0.05, 0.1) is 11.8 Å². The number of anilines is 1. The minimum atomic E-state index is -0.204. The molecule has 0 spiro atoms. The van der Waals surface area contributed by atoms with Gasteiger partial charge in [0.15, 0.2) is 0 Å². The van der Waals surface area contributed by atoms with Crippen LogP contribution in [0.15, 0.2) is 23.1 Å². The van der Waals surface area contributed by atoms with Crippen molar-refractivity contribution in [3.8, 4) is 0 Å². The van der Waals surface area contributed by atoms with E-state index in [9.17, 15) is 9.90 Å². The van der Waals surface area contributed by atoms with Crippen molar-refractivity contribution >= 4 is 22.9 Å². The highest BCUT2D eigenvalue weighted by Crippen LogP contribution is 2.39. The fourth-order valence-electron chi connectivity index (χ4n) is 4.50. The van der Waals surface area contributed by atoms with E-state index in [0.29, 0.717) is 5.92 Å². The lowest BCUT2D eigenvalue weighted by Crippen LogP contribution is -2.47. The highest BCUT2D eigenvalue weighted by atomic mass is 32.1. The lowest BCUT2D eigenvalue weighted by molar-refractivity contribution is -0.124. The molecule has 27 heavy (non-hydrogen) atoms. The first-order valence-corrected chi connectivity index (χ1v) is 11.3. The molecule has 1 saturated carbocycles. The Morgan fingerprint density at radius 3 is 2.44 bits per heavy atom. The summed E-state index contributed by atoms with van der Waals surface area (Å²) >= 11 is 1.76. The third-order valence-electron chi connectivity index (χ3n) is 6.24. The smallest absolute Gasteiger partial charge is 0.230 e. The molecule has 2 atom stereocenters. The Kier molecular flexibility index (Phi) is 6.17. The van der Waals surface area contributed by atoms with Gasteiger partial charge in [0.25, 0.3) is 0 Å². The maximum atomic E-state index is 13.7. The molecule has 0 aromatic carbocycles. The first-order valence-electron chi connectivity index (χ1n) is 10.4. The van der Waals surface area contributed by atoms with E-state index in [0.717, 1.165) is 44.2 Å². The average molecular weight is 390 g/mol. The molecule has 0 bridgehead atoms. The molecular weight excluding hydrogens is 354 g/mol. The number of hydrogen-bond donors (Lipinski definition) is 1. The lowest BCUT2D eigenvalue weighted by atomic mass is 9.79. The zero-order valence-electron chi connectivity index (χ0n) is 17.5. The van der Waals surface area contributed by atoms with E-state index in [2.05, 4.69) is 57.0 Å². The van der Waals surface area contributed by atoms with Crippen LogP contribution in [0.5, 0.6) is 0 Å². The van der Waals surface area contributed by atoms with Crippen LogP contribution in [-0.4, -0.2) is 23.2 Å². The highest BCUT2D eigenvalue weighted by molar-refractivity contribution is 7.10. The van der Waals surface area contributed by atoms with Gasteiger partial charge >= 0.3 is 0 Å². The molecule has 0 aliphatic heterocycles. The Morgan fingerprint density at radius 2 is 1.89 bits per heavy atom. The molecule has 1 aromatic heterocycles. The maximum Gasteiger partial charge on any atom is 0.230 e. The summed E-state index contributed by atoms with van der Waals surface area (Å²) in [5, 5.41) is 12.1. The van der Waals surface area contributed by atoms with Crippen molar-refractivity contribution in [1.82, 2.24) is 0 Å². The van der Waals surface area contributed by atoms with Crippen LogP contribution in [0.4, 0.5) is 5.69 Å². The lowest BCUT2D eigenvalue weighted by Gasteiger charge is -2.39. The fourth-order valence-corrected chi connectivity index (χ4v) is 5.47. The van der Waals surface area contributed by atoms with Gasteiger partial charge in [-0.2, -0.15) is 0 Å². The first kappa shape index (κ1) is 20.6. The SMILES string of the molecule is CC1=CC[C@H](C(=O)N(c2csc(C(C)(C)C)c2)[C@H]2CC[C@H](O)CC2)[C@@H](C)C1. The molecule has 2 aliphatic rings. The number of carbonyl (C=O) groups excluding carboxylic acids is 1. The van der Waals surface area contributed by atoms with Gasteiger partial charge < -0.3 is 10.0 Å². The summed E-state index contributed by atoms with van der Waals surface area (Å²) in [5.41, 5.74) is 2.57. The minimum absolute atomic E-state index is 0.0681. The van der Waals surface area contributed by atoms with Crippen LogP contribution in [0.1, 0.15) is 78.0 Å². The van der Waals surface area contributed by atoms with Crippen molar-refractivity contribution < 1.29 is 9.90 Å². The van der Waals surface area contributed by atoms with Gasteiger partial charge in [-0.05, 0) is 62.8 Å². The van der Waals surface area contributed by atoms with Crippen LogP contribution < -0.4 is 4.90 Å². The van der Waals surface area contributed by atoms with Gasteiger partial charge in [0.1, 0.15) is 0 Å². The maximum absolute atomic E-state index is 13.7. The van der Waals surface area contributed by atoms with Crippen LogP contribution >= 0.6 is 11.3 Å². The number of aliphatic hydroxyl groups excluding tert-OH is 1. The van der Waals surface area contributed by atoms with Crippen molar-refractivity contribution in [3.05, 3.63) is 28.0 Å². The van der Waals surface area contributed by atoms with Crippen molar-refractivity contribution in [2.24, 2.45) is 11.8 Å². The summed E-state index contributed by atoms with van der Waals surface area (Å²) in [7, 11) is 0. The normalized spacial score (nSPS) is 29.3. The van der Waals surface area contributed by atoms with Crippen LogP contribution in [0, 0.1) is 11.8 Å². The predicted molar refractivity (Wildman–Crippen MR) is 114 cm³/mol. The van der Waals surface area contributed by atoms with Crippen LogP contribution in [0.2, 0.25) is 0 Å². The van der Waals surface area contributed by atoms with E-state index in [1.807, 2.05) is 0 Å². The fraction of sp³-hybridized carbons (Fsp3) is 0.696. The molecule has 0 saturated heterocycles. The molecule has 2 aliphatic carbocycles. The zero-order chi connectivity index (χ0) is 19.8. The molecule has 1 amide bonds. The predicted octanol–water partition coefficient (Wildman–Crippen LogP) is 5.67. The number of nitrogens with zero attached hydrogens (tertiary/aromatic N) is 1. The molecule has 1 heterocycles. The van der Waals surface area contributed by atoms with Crippen molar-refractivity contribution in [2.45, 2.75) is 90.7 Å². The second kappa shape index (κ2) is 8.08. The molecule has 4 heteroatoms. The van der Waals surface area contributed by atoms with E-state index >= 15 is 0 Å². The number of amides is 1. The second-order valence-corrected chi connectivity index (χ2v) is 10.6. The third-order valence-corrected chi connectivity index (χ3v) is 7.58. The van der Waals surface area contributed by atoms with Gasteiger partial charge in [-0.25, -0.2) is 0 Å². The molecule has 0 radical (unpaired) electrons. The van der Waals surface area contributed by atoms with Crippen LogP contribution in [0.3, 0.4) is 0 Å². The topological polar surface area (TPSA) is 40.5 Å². The quantitative estimate of drug-likeness (QED) is 0.676. The van der Waals surface area contributed by atoms with Crippen molar-refractivity contribution in [3.63, 3.8) is 0 Å². The standard InChI is InChI=1S/C23H35NO2S/c1-15-6-11-20(16(2)12-15)22(26)24(17-7-9-19(25)10-8-17)18-13-21(27-14-18)23(3,4)5/h6,13-14,16-17,19-20,25H,7-12H2,1-5H3/t16-,17-,19-,20-/m0/s1. The molecule has 1 fully saturated rings. The number of rotatable bonds is 3. The molecular formula is C23H35NO2S. The average Bonchev–Trinajstić information content (AvgIpc) is 3.06. The Balaban J connectivity index is 1.90. The Hall–Kier alpha value is -1.13. The van der Waals surface area contributed by atoms with Crippen LogP contribution in [-0.2, 0) is 10.2 Å². The Labute approximate surface area is 168 Å². The molecule has 1 aromatic rings. The summed E-state index contributed by atoms with van der Waals surface area (Å²) < 4.78 is 0. The molecule has 1 N–H and O–H groups in total. The third kappa shape index (κ3) is 4.65. The molecule has 3 rings (SSSR count). The summed E-state index contributed by atoms with van der Waals surface area (Å²) in [6, 6.07) is 2.44. The van der Waals surface area contributed by atoms with E-state index in [1.165, 1.54) is 10.5 Å².